The maximum atomic E-state index is 14.8. The Morgan fingerprint density at radius 1 is 0.536 bits per heavy atom. The van der Waals surface area contributed by atoms with Crippen molar-refractivity contribution < 1.29 is 61.5 Å². The van der Waals surface area contributed by atoms with E-state index in [9.17, 15) is 61.5 Å². The number of allylic oxidation sites excluding steroid dienone is 2. The van der Waals surface area contributed by atoms with Gasteiger partial charge in [-0.2, -0.15) is 17.6 Å². The van der Waals surface area contributed by atoms with Crippen LogP contribution in [0.2, 0.25) is 0 Å². The molecule has 2 fully saturated rings. The van der Waals surface area contributed by atoms with Gasteiger partial charge in [0.2, 0.25) is 0 Å². The van der Waals surface area contributed by atoms with Crippen LogP contribution >= 0.6 is 0 Å². The molecule has 0 amide bonds. The fraction of sp³-hybridized carbons (Fsp3) is 0.714. The molecule has 4 atom stereocenters. The molecular weight excluding hydrogens is 434 g/mol. The average Bonchev–Trinajstić information content (AvgIpc) is 2.56. The lowest BCUT2D eigenvalue weighted by atomic mass is 9.44. The zero-order valence-electron chi connectivity index (χ0n) is 13.1. The van der Waals surface area contributed by atoms with E-state index in [1.807, 2.05) is 13.2 Å². The highest BCUT2D eigenvalue weighted by atomic mass is 19.3. The Bertz CT molecular complexity index is 728. The van der Waals surface area contributed by atoms with Crippen LogP contribution in [-0.4, -0.2) is 53.3 Å². The first-order chi connectivity index (χ1) is 12.2. The van der Waals surface area contributed by atoms with E-state index < -0.39 is 70.9 Å². The van der Waals surface area contributed by atoms with Crippen LogP contribution in [0.1, 0.15) is 0 Å². The summed E-state index contributed by atoms with van der Waals surface area (Å²) in [7, 11) is 0. The molecule has 2 aliphatic carbocycles. The molecule has 0 heterocycles. The van der Waals surface area contributed by atoms with Gasteiger partial charge in [0.15, 0.2) is 5.41 Å². The minimum Gasteiger partial charge on any atom is -0.247 e. The van der Waals surface area contributed by atoms with E-state index in [0.717, 1.165) is 0 Å². The van der Waals surface area contributed by atoms with Crippen LogP contribution in [0.15, 0.2) is 25.3 Å². The molecule has 2 bridgehead atoms. The highest BCUT2D eigenvalue weighted by molar-refractivity contribution is 5.47. The summed E-state index contributed by atoms with van der Waals surface area (Å²) < 4.78 is 200. The first-order valence-electron chi connectivity index (χ1n) is 6.97. The third-order valence-electron chi connectivity index (χ3n) is 5.46. The largest absolute Gasteiger partial charge is 0.336 e. The highest BCUT2D eigenvalue weighted by Gasteiger charge is 3.11. The maximum absolute atomic E-state index is 14.8. The summed E-state index contributed by atoms with van der Waals surface area (Å²) >= 11 is 0. The van der Waals surface area contributed by atoms with E-state index in [1.165, 1.54) is 0 Å². The molecule has 0 aromatic heterocycles. The van der Waals surface area contributed by atoms with E-state index in [-0.39, 0.29) is 0 Å². The smallest absolute Gasteiger partial charge is 0.247 e. The molecular formula is C14H8F14. The monoisotopic (exact) mass is 442 g/mol. The van der Waals surface area contributed by atoms with E-state index in [4.69, 9.17) is 0 Å². The Balaban J connectivity index is 3.32. The van der Waals surface area contributed by atoms with Crippen molar-refractivity contribution in [1.29, 1.82) is 0 Å². The van der Waals surface area contributed by atoms with Gasteiger partial charge in [0.1, 0.15) is 6.67 Å². The summed E-state index contributed by atoms with van der Waals surface area (Å²) in [6.45, 7) is 0.198. The summed E-state index contributed by atoms with van der Waals surface area (Å²) in [6, 6.07) is 0. The third-order valence-corrected chi connectivity index (χ3v) is 5.46. The molecule has 0 spiro atoms. The molecule has 0 saturated heterocycles. The van der Waals surface area contributed by atoms with Crippen LogP contribution < -0.4 is 0 Å². The van der Waals surface area contributed by atoms with Crippen LogP contribution in [0.3, 0.4) is 0 Å². The normalized spacial score (nSPS) is 47.2. The van der Waals surface area contributed by atoms with Gasteiger partial charge >= 0.3 is 35.3 Å². The predicted octanol–water partition coefficient (Wildman–Crippen LogP) is 5.64. The molecule has 4 unspecified atom stereocenters. The van der Waals surface area contributed by atoms with Crippen LogP contribution in [0.5, 0.6) is 0 Å². The molecule has 0 aromatic carbocycles. The molecule has 0 aliphatic heterocycles. The van der Waals surface area contributed by atoms with Gasteiger partial charge in [-0.1, -0.05) is 12.7 Å². The van der Waals surface area contributed by atoms with Crippen LogP contribution in [0.25, 0.3) is 0 Å². The van der Waals surface area contributed by atoms with Crippen molar-refractivity contribution in [3.63, 3.8) is 0 Å². The Kier molecular flexibility index (Phi) is 4.04. The third kappa shape index (κ3) is 1.42. The lowest BCUT2D eigenvalue weighted by molar-refractivity contribution is -0.526. The second-order valence-corrected chi connectivity index (χ2v) is 6.39. The minimum absolute atomic E-state index is 1.33. The summed E-state index contributed by atoms with van der Waals surface area (Å²) in [5.74, 6) is -35.9. The second kappa shape index (κ2) is 4.97. The number of fused-ring (bicyclic) bond motifs is 2. The SMILES string of the molecule is C=CC1(F)C(F)(F)C2(F)C(F)(F)C(F)(CF)C(F)(F)C(C=C)(C1(F)F)C2(F)F. The van der Waals surface area contributed by atoms with E-state index in [2.05, 4.69) is 0 Å². The summed E-state index contributed by atoms with van der Waals surface area (Å²) in [5.41, 5.74) is -26.7. The molecule has 0 radical (unpaired) electrons. The fourth-order valence-corrected chi connectivity index (χ4v) is 3.78. The molecule has 2 aliphatic rings. The first-order valence-corrected chi connectivity index (χ1v) is 6.97. The molecule has 0 aromatic rings. The van der Waals surface area contributed by atoms with E-state index in [0.29, 0.717) is 0 Å². The number of halogens is 14. The average molecular weight is 442 g/mol. The van der Waals surface area contributed by atoms with Crippen molar-refractivity contribution >= 4 is 0 Å². The molecule has 2 rings (SSSR count). The van der Waals surface area contributed by atoms with Crippen molar-refractivity contribution in [2.45, 2.75) is 46.6 Å². The Morgan fingerprint density at radius 3 is 1.29 bits per heavy atom. The van der Waals surface area contributed by atoms with Gasteiger partial charge in [-0.25, -0.2) is 43.9 Å². The minimum atomic E-state index is -7.41. The Hall–Kier alpha value is -1.50. The highest BCUT2D eigenvalue weighted by Crippen LogP contribution is 2.83. The maximum Gasteiger partial charge on any atom is 0.336 e. The first kappa shape index (κ1) is 22.8. The van der Waals surface area contributed by atoms with Gasteiger partial charge in [-0.05, 0) is 6.08 Å². The van der Waals surface area contributed by atoms with Crippen molar-refractivity contribution in [2.24, 2.45) is 5.41 Å². The standard InChI is InChI=1S/C14H8F14/c1-3-6-10(19,20)7(16,4-2)13(25,26)9(18,12(6,23)24)14(27,28)8(17,5-15)11(6,21)22/h3-4H,1-2,5H2. The molecule has 0 nitrogen and oxygen atoms in total. The Morgan fingerprint density at radius 2 is 0.964 bits per heavy atom. The van der Waals surface area contributed by atoms with Crippen LogP contribution in [-0.2, 0) is 0 Å². The van der Waals surface area contributed by atoms with Crippen LogP contribution in [0.4, 0.5) is 61.5 Å². The molecule has 162 valence electrons. The number of alkyl halides is 14. The molecule has 2 saturated carbocycles. The quantitative estimate of drug-likeness (QED) is 0.392. The molecule has 0 N–H and O–H groups in total. The van der Waals surface area contributed by atoms with Gasteiger partial charge in [-0.3, -0.25) is 0 Å². The number of hydrogen-bond donors (Lipinski definition) is 0. The zero-order valence-corrected chi connectivity index (χ0v) is 13.1. The topological polar surface area (TPSA) is 0 Å². The lowest BCUT2D eigenvalue weighted by Gasteiger charge is -2.68. The van der Waals surface area contributed by atoms with Gasteiger partial charge < -0.3 is 0 Å². The summed E-state index contributed by atoms with van der Waals surface area (Å²) in [5, 5.41) is 0. The lowest BCUT2D eigenvalue weighted by Crippen LogP contribution is -2.97. The van der Waals surface area contributed by atoms with Gasteiger partial charge in [0, 0.05) is 0 Å². The molecule has 14 heteroatoms. The van der Waals surface area contributed by atoms with Crippen molar-refractivity contribution in [3.05, 3.63) is 25.3 Å². The van der Waals surface area contributed by atoms with E-state index in [1.54, 1.807) is 0 Å². The zero-order chi connectivity index (χ0) is 22.6. The van der Waals surface area contributed by atoms with Gasteiger partial charge in [0.25, 0.3) is 11.3 Å². The van der Waals surface area contributed by atoms with Crippen molar-refractivity contribution in [3.8, 4) is 0 Å². The summed E-state index contributed by atoms with van der Waals surface area (Å²) in [6.07, 6.45) is -2.75. The van der Waals surface area contributed by atoms with Crippen molar-refractivity contribution in [1.82, 2.24) is 0 Å². The van der Waals surface area contributed by atoms with Crippen LogP contribution in [0, 0.1) is 5.41 Å². The summed E-state index contributed by atoms with van der Waals surface area (Å²) in [4.78, 5) is 0. The predicted molar refractivity (Wildman–Crippen MR) is 65.1 cm³/mol. The second-order valence-electron chi connectivity index (χ2n) is 6.39. The van der Waals surface area contributed by atoms with Gasteiger partial charge in [-0.15, -0.1) is 6.58 Å². The number of rotatable bonds is 3. The van der Waals surface area contributed by atoms with Crippen molar-refractivity contribution in [2.75, 3.05) is 6.67 Å². The Labute approximate surface area is 146 Å². The fourth-order valence-electron chi connectivity index (χ4n) is 3.78. The number of hydrogen-bond acceptors (Lipinski definition) is 0. The van der Waals surface area contributed by atoms with Gasteiger partial charge in [0.05, 0.1) is 0 Å². The molecule has 28 heavy (non-hydrogen) atoms. The van der Waals surface area contributed by atoms with E-state index >= 15 is 0 Å².